The molecule has 0 spiro atoms. The molecule has 1 aliphatic heterocycles. The average molecular weight is 501 g/mol. The summed E-state index contributed by atoms with van der Waals surface area (Å²) in [5.74, 6) is 1.47. The second-order valence-electron chi connectivity index (χ2n) is 9.18. The number of hydrogen-bond acceptors (Lipinski definition) is 6. The summed E-state index contributed by atoms with van der Waals surface area (Å²) in [5.41, 5.74) is 1.40. The molecule has 2 aromatic heterocycles. The highest BCUT2D eigenvalue weighted by Gasteiger charge is 2.30. The van der Waals surface area contributed by atoms with Crippen molar-refractivity contribution < 1.29 is 23.4 Å². The van der Waals surface area contributed by atoms with Crippen LogP contribution < -0.4 is 4.74 Å². The molecular formula is C27H33FN2O4S. The number of carbonyl (C=O) groups is 1. The topological polar surface area (TPSA) is 75.8 Å². The standard InChI is InChI=1S/C27H33FN2O4S/c1-33-21-4-6-26-24(16-21)23(8-11-29-26)25(28)5-2-19-9-12-30(17-20(19)3-7-27(31)32)13-15-35-22-10-14-34-18-22/h4,6,8,10-11,14,16,18-20,25H,2-3,5,7,9,12-13,15,17H2,1H3,(H,31,32)/t19-,20-,25-/m1/s1. The van der Waals surface area contributed by atoms with Crippen LogP contribution in [0.3, 0.4) is 0 Å². The molecule has 1 N–H and O–H groups in total. The number of ether oxygens (including phenoxy) is 1. The fourth-order valence-corrected chi connectivity index (χ4v) is 5.92. The predicted molar refractivity (Wildman–Crippen MR) is 136 cm³/mol. The number of aliphatic carboxylic acids is 1. The van der Waals surface area contributed by atoms with Gasteiger partial charge in [-0.05, 0) is 80.0 Å². The number of halogens is 1. The second kappa shape index (κ2) is 12.4. The van der Waals surface area contributed by atoms with Crippen LogP contribution in [0, 0.1) is 11.8 Å². The van der Waals surface area contributed by atoms with Crippen molar-refractivity contribution in [3.05, 3.63) is 54.6 Å². The van der Waals surface area contributed by atoms with E-state index in [0.717, 1.165) is 54.0 Å². The molecule has 0 unspecified atom stereocenters. The average Bonchev–Trinajstić information content (AvgIpc) is 3.39. The van der Waals surface area contributed by atoms with Gasteiger partial charge in [0, 0.05) is 41.7 Å². The lowest BCUT2D eigenvalue weighted by atomic mass is 9.79. The van der Waals surface area contributed by atoms with Gasteiger partial charge in [-0.2, -0.15) is 0 Å². The number of rotatable bonds is 12. The van der Waals surface area contributed by atoms with Crippen molar-refractivity contribution in [1.82, 2.24) is 9.88 Å². The largest absolute Gasteiger partial charge is 0.497 e. The molecule has 188 valence electrons. The maximum atomic E-state index is 15.5. The van der Waals surface area contributed by atoms with Gasteiger partial charge in [0.1, 0.15) is 18.2 Å². The molecule has 0 radical (unpaired) electrons. The lowest BCUT2D eigenvalue weighted by Crippen LogP contribution is -2.41. The molecule has 8 heteroatoms. The van der Waals surface area contributed by atoms with E-state index < -0.39 is 12.1 Å². The maximum Gasteiger partial charge on any atom is 0.303 e. The quantitative estimate of drug-likeness (QED) is 0.296. The number of carboxylic acids is 1. The van der Waals surface area contributed by atoms with Crippen LogP contribution in [0.15, 0.2) is 58.4 Å². The third-order valence-electron chi connectivity index (χ3n) is 6.99. The van der Waals surface area contributed by atoms with Gasteiger partial charge in [-0.3, -0.25) is 9.78 Å². The molecule has 1 aliphatic rings. The highest BCUT2D eigenvalue weighted by Crippen LogP contribution is 2.36. The van der Waals surface area contributed by atoms with E-state index in [1.165, 1.54) is 0 Å². The summed E-state index contributed by atoms with van der Waals surface area (Å²) >= 11 is 1.76. The van der Waals surface area contributed by atoms with Crippen LogP contribution in [-0.4, -0.2) is 53.5 Å². The van der Waals surface area contributed by atoms with Crippen molar-refractivity contribution in [2.75, 3.05) is 32.5 Å². The Morgan fingerprint density at radius 1 is 1.31 bits per heavy atom. The lowest BCUT2D eigenvalue weighted by molar-refractivity contribution is -0.137. The van der Waals surface area contributed by atoms with Crippen molar-refractivity contribution >= 4 is 28.6 Å². The van der Waals surface area contributed by atoms with Crippen molar-refractivity contribution in [2.24, 2.45) is 11.8 Å². The van der Waals surface area contributed by atoms with E-state index in [2.05, 4.69) is 9.88 Å². The first-order valence-electron chi connectivity index (χ1n) is 12.2. The summed E-state index contributed by atoms with van der Waals surface area (Å²) in [6.45, 7) is 2.78. The van der Waals surface area contributed by atoms with Gasteiger partial charge in [0.25, 0.3) is 0 Å². The Kier molecular flexibility index (Phi) is 9.04. The van der Waals surface area contributed by atoms with Gasteiger partial charge in [-0.15, -0.1) is 11.8 Å². The number of furan rings is 1. The molecule has 3 atom stereocenters. The van der Waals surface area contributed by atoms with E-state index in [-0.39, 0.29) is 12.3 Å². The smallest absolute Gasteiger partial charge is 0.303 e. The molecule has 1 saturated heterocycles. The predicted octanol–water partition coefficient (Wildman–Crippen LogP) is 6.22. The summed E-state index contributed by atoms with van der Waals surface area (Å²) in [4.78, 5) is 19.2. The van der Waals surface area contributed by atoms with E-state index >= 15 is 4.39 Å². The first-order chi connectivity index (χ1) is 17.0. The van der Waals surface area contributed by atoms with Crippen LogP contribution in [0.4, 0.5) is 4.39 Å². The van der Waals surface area contributed by atoms with Crippen LogP contribution in [0.1, 0.15) is 43.8 Å². The SMILES string of the molecule is COc1ccc2nccc([C@H](F)CC[C@@H]3CCN(CCSc4ccoc4)C[C@H]3CCC(=O)O)c2c1. The summed E-state index contributed by atoms with van der Waals surface area (Å²) in [6.07, 6.45) is 6.92. The first kappa shape index (κ1) is 25.5. The Labute approximate surface area is 209 Å². The van der Waals surface area contributed by atoms with Crippen LogP contribution >= 0.6 is 11.8 Å². The highest BCUT2D eigenvalue weighted by atomic mass is 32.2. The van der Waals surface area contributed by atoms with Gasteiger partial charge in [0.2, 0.25) is 0 Å². The van der Waals surface area contributed by atoms with E-state index in [1.807, 2.05) is 24.3 Å². The second-order valence-corrected chi connectivity index (χ2v) is 10.3. The Balaban J connectivity index is 1.36. The third-order valence-corrected chi connectivity index (χ3v) is 7.94. The van der Waals surface area contributed by atoms with Crippen LogP contribution in [0.25, 0.3) is 10.9 Å². The number of piperidine rings is 1. The van der Waals surface area contributed by atoms with Gasteiger partial charge in [-0.25, -0.2) is 4.39 Å². The fourth-order valence-electron chi connectivity index (χ4n) is 5.06. The number of carboxylic acid groups (broad SMARTS) is 1. The maximum absolute atomic E-state index is 15.5. The normalized spacial score (nSPS) is 19.6. The molecule has 6 nitrogen and oxygen atoms in total. The van der Waals surface area contributed by atoms with Crippen LogP contribution in [0.2, 0.25) is 0 Å². The molecule has 3 aromatic rings. The van der Waals surface area contributed by atoms with Gasteiger partial charge in [0.15, 0.2) is 0 Å². The minimum atomic E-state index is -1.10. The molecular weight excluding hydrogens is 467 g/mol. The number of fused-ring (bicyclic) bond motifs is 1. The number of likely N-dealkylation sites (tertiary alicyclic amines) is 1. The van der Waals surface area contributed by atoms with Crippen molar-refractivity contribution in [2.45, 2.75) is 43.2 Å². The van der Waals surface area contributed by atoms with Gasteiger partial charge < -0.3 is 19.2 Å². The Morgan fingerprint density at radius 3 is 2.97 bits per heavy atom. The fraction of sp³-hybridized carbons (Fsp3) is 0.481. The summed E-state index contributed by atoms with van der Waals surface area (Å²) < 4.78 is 25.9. The van der Waals surface area contributed by atoms with Crippen molar-refractivity contribution in [3.63, 3.8) is 0 Å². The summed E-state index contributed by atoms with van der Waals surface area (Å²) in [7, 11) is 1.60. The van der Waals surface area contributed by atoms with Crippen molar-refractivity contribution in [1.29, 1.82) is 0 Å². The summed E-state index contributed by atoms with van der Waals surface area (Å²) in [6, 6.07) is 9.25. The molecule has 35 heavy (non-hydrogen) atoms. The number of hydrogen-bond donors (Lipinski definition) is 1. The number of nitrogens with zero attached hydrogens (tertiary/aromatic N) is 2. The summed E-state index contributed by atoms with van der Waals surface area (Å²) in [5, 5.41) is 10.0. The van der Waals surface area contributed by atoms with Gasteiger partial charge >= 0.3 is 5.97 Å². The Morgan fingerprint density at radius 2 is 2.20 bits per heavy atom. The third kappa shape index (κ3) is 6.98. The monoisotopic (exact) mass is 500 g/mol. The Hall–Kier alpha value is -2.58. The Bertz CT molecular complexity index is 1090. The van der Waals surface area contributed by atoms with E-state index in [4.69, 9.17) is 9.15 Å². The first-order valence-corrected chi connectivity index (χ1v) is 13.2. The lowest BCUT2D eigenvalue weighted by Gasteiger charge is -2.39. The number of aromatic nitrogens is 1. The van der Waals surface area contributed by atoms with Crippen LogP contribution in [-0.2, 0) is 4.79 Å². The molecule has 3 heterocycles. The van der Waals surface area contributed by atoms with Gasteiger partial charge in [0.05, 0.1) is 18.9 Å². The van der Waals surface area contributed by atoms with E-state index in [0.29, 0.717) is 30.1 Å². The van der Waals surface area contributed by atoms with Crippen LogP contribution in [0.5, 0.6) is 5.75 Å². The number of benzene rings is 1. The molecule has 4 rings (SSSR count). The molecule has 0 amide bonds. The zero-order chi connectivity index (χ0) is 24.6. The number of alkyl halides is 1. The number of pyridine rings is 1. The minimum absolute atomic E-state index is 0.159. The zero-order valence-electron chi connectivity index (χ0n) is 20.1. The minimum Gasteiger partial charge on any atom is -0.497 e. The molecule has 1 aromatic carbocycles. The number of thioether (sulfide) groups is 1. The molecule has 0 saturated carbocycles. The van der Waals surface area contributed by atoms with Gasteiger partial charge in [-0.1, -0.05) is 0 Å². The highest BCUT2D eigenvalue weighted by molar-refractivity contribution is 7.99. The molecule has 1 fully saturated rings. The van der Waals surface area contributed by atoms with E-state index in [9.17, 15) is 9.90 Å². The molecule has 0 bridgehead atoms. The zero-order valence-corrected chi connectivity index (χ0v) is 20.9. The number of methoxy groups -OCH3 is 1. The van der Waals surface area contributed by atoms with Crippen molar-refractivity contribution in [3.8, 4) is 5.75 Å². The van der Waals surface area contributed by atoms with E-state index in [1.54, 1.807) is 43.7 Å². The molecule has 0 aliphatic carbocycles.